The fraction of sp³-hybridized carbons (Fsp3) is 0.478. The number of amides is 2. The third-order valence-electron chi connectivity index (χ3n) is 4.95. The molecular formula is C23H33N3O3. The van der Waals surface area contributed by atoms with E-state index in [4.69, 9.17) is 4.74 Å². The summed E-state index contributed by atoms with van der Waals surface area (Å²) in [6.07, 6.45) is 4.92. The molecular weight excluding hydrogens is 366 g/mol. The van der Waals surface area contributed by atoms with E-state index in [9.17, 15) is 9.59 Å². The molecule has 0 atom stereocenters. The summed E-state index contributed by atoms with van der Waals surface area (Å²) in [5.74, 6) is -0.146. The Morgan fingerprint density at radius 3 is 2.10 bits per heavy atom. The van der Waals surface area contributed by atoms with Crippen molar-refractivity contribution in [3.63, 3.8) is 0 Å². The first-order valence-corrected chi connectivity index (χ1v) is 10.2. The molecule has 1 aromatic heterocycles. The Morgan fingerprint density at radius 2 is 1.59 bits per heavy atom. The Balaban J connectivity index is 1.99. The average Bonchev–Trinajstić information content (AvgIpc) is 3.17. The van der Waals surface area contributed by atoms with Crippen LogP contribution in [0.3, 0.4) is 0 Å². The van der Waals surface area contributed by atoms with Crippen LogP contribution in [0.5, 0.6) is 0 Å². The van der Waals surface area contributed by atoms with E-state index >= 15 is 0 Å². The van der Waals surface area contributed by atoms with Crippen LogP contribution in [-0.2, 0) is 11.3 Å². The second-order valence-electron chi connectivity index (χ2n) is 8.35. The standard InChI is InChI=1S/C23H33N3O3/c1-6-23(7-2,17-24-21(28)29-22(3,4)5)25-20(27)19-12-10-18(11-13-19)16-26-14-8-9-15-26/h8-15H,6-7,16-17H2,1-5H3,(H,24,28)(H,25,27). The van der Waals surface area contributed by atoms with Crippen molar-refractivity contribution < 1.29 is 14.3 Å². The number of ether oxygens (including phenoxy) is 1. The Hall–Kier alpha value is -2.76. The molecule has 2 N–H and O–H groups in total. The number of rotatable bonds is 8. The van der Waals surface area contributed by atoms with E-state index in [0.717, 1.165) is 12.1 Å². The Bertz CT molecular complexity index is 786. The van der Waals surface area contributed by atoms with Crippen molar-refractivity contribution >= 4 is 12.0 Å². The van der Waals surface area contributed by atoms with Gasteiger partial charge in [-0.25, -0.2) is 4.79 Å². The van der Waals surface area contributed by atoms with E-state index < -0.39 is 17.2 Å². The van der Waals surface area contributed by atoms with Gasteiger partial charge in [-0.3, -0.25) is 4.79 Å². The number of nitrogens with one attached hydrogen (secondary N) is 2. The fourth-order valence-electron chi connectivity index (χ4n) is 3.04. The highest BCUT2D eigenvalue weighted by molar-refractivity contribution is 5.94. The Labute approximate surface area is 173 Å². The smallest absolute Gasteiger partial charge is 0.407 e. The number of hydrogen-bond donors (Lipinski definition) is 2. The largest absolute Gasteiger partial charge is 0.444 e. The van der Waals surface area contributed by atoms with Crippen LogP contribution < -0.4 is 10.6 Å². The van der Waals surface area contributed by atoms with Gasteiger partial charge < -0.3 is 19.9 Å². The van der Waals surface area contributed by atoms with Crippen LogP contribution in [0.4, 0.5) is 4.79 Å². The minimum absolute atomic E-state index is 0.146. The second-order valence-corrected chi connectivity index (χ2v) is 8.35. The molecule has 0 unspecified atom stereocenters. The van der Waals surface area contributed by atoms with Gasteiger partial charge in [0.05, 0.1) is 5.54 Å². The van der Waals surface area contributed by atoms with Gasteiger partial charge in [-0.1, -0.05) is 26.0 Å². The molecule has 0 spiro atoms. The number of alkyl carbamates (subject to hydrolysis) is 1. The first kappa shape index (κ1) is 22.5. The van der Waals surface area contributed by atoms with Crippen molar-refractivity contribution in [2.75, 3.05) is 6.54 Å². The molecule has 6 nitrogen and oxygen atoms in total. The molecule has 0 fully saturated rings. The summed E-state index contributed by atoms with van der Waals surface area (Å²) in [6.45, 7) is 10.5. The van der Waals surface area contributed by atoms with E-state index in [1.54, 1.807) is 0 Å². The van der Waals surface area contributed by atoms with Crippen LogP contribution in [0.2, 0.25) is 0 Å². The van der Waals surface area contributed by atoms with Crippen LogP contribution in [-0.4, -0.2) is 34.3 Å². The van der Waals surface area contributed by atoms with Crippen molar-refractivity contribution in [1.29, 1.82) is 0 Å². The fourth-order valence-corrected chi connectivity index (χ4v) is 3.04. The summed E-state index contributed by atoms with van der Waals surface area (Å²) in [5.41, 5.74) is 0.639. The molecule has 2 amide bonds. The minimum Gasteiger partial charge on any atom is -0.444 e. The third-order valence-corrected chi connectivity index (χ3v) is 4.95. The van der Waals surface area contributed by atoms with Gasteiger partial charge in [0.15, 0.2) is 0 Å². The van der Waals surface area contributed by atoms with Gasteiger partial charge in [-0.15, -0.1) is 0 Å². The molecule has 0 bridgehead atoms. The van der Waals surface area contributed by atoms with Gasteiger partial charge in [0.1, 0.15) is 5.60 Å². The highest BCUT2D eigenvalue weighted by atomic mass is 16.6. The molecule has 0 aliphatic rings. The molecule has 0 saturated heterocycles. The molecule has 6 heteroatoms. The van der Waals surface area contributed by atoms with Crippen molar-refractivity contribution in [2.45, 2.75) is 65.1 Å². The normalized spacial score (nSPS) is 11.8. The second kappa shape index (κ2) is 9.63. The summed E-state index contributed by atoms with van der Waals surface area (Å²) >= 11 is 0. The first-order valence-electron chi connectivity index (χ1n) is 10.2. The van der Waals surface area contributed by atoms with Crippen LogP contribution in [0, 0.1) is 0 Å². The maximum Gasteiger partial charge on any atom is 0.407 e. The van der Waals surface area contributed by atoms with Crippen molar-refractivity contribution in [1.82, 2.24) is 15.2 Å². The molecule has 2 aromatic rings. The zero-order chi connectivity index (χ0) is 21.5. The quantitative estimate of drug-likeness (QED) is 0.693. The molecule has 1 aromatic carbocycles. The molecule has 1 heterocycles. The number of hydrogen-bond acceptors (Lipinski definition) is 3. The van der Waals surface area contributed by atoms with E-state index in [-0.39, 0.29) is 5.91 Å². The first-order chi connectivity index (χ1) is 13.7. The summed E-state index contributed by atoms with van der Waals surface area (Å²) in [7, 11) is 0. The van der Waals surface area contributed by atoms with E-state index in [1.807, 2.05) is 83.4 Å². The minimum atomic E-state index is -0.559. The molecule has 0 saturated carbocycles. The zero-order valence-corrected chi connectivity index (χ0v) is 18.1. The Morgan fingerprint density at radius 1 is 1.00 bits per heavy atom. The van der Waals surface area contributed by atoms with Crippen LogP contribution >= 0.6 is 0 Å². The summed E-state index contributed by atoms with van der Waals surface area (Å²) in [4.78, 5) is 24.8. The predicted molar refractivity (Wildman–Crippen MR) is 115 cm³/mol. The lowest BCUT2D eigenvalue weighted by atomic mass is 9.92. The SMILES string of the molecule is CCC(CC)(CNC(=O)OC(C)(C)C)NC(=O)c1ccc(Cn2cccc2)cc1. The topological polar surface area (TPSA) is 72.4 Å². The van der Waals surface area contributed by atoms with Crippen LogP contribution in [0.25, 0.3) is 0 Å². The summed E-state index contributed by atoms with van der Waals surface area (Å²) in [5, 5.41) is 5.91. The molecule has 29 heavy (non-hydrogen) atoms. The van der Waals surface area contributed by atoms with Crippen molar-refractivity contribution in [3.8, 4) is 0 Å². The number of carbonyl (C=O) groups excluding carboxylic acids is 2. The molecule has 2 rings (SSSR count). The highest BCUT2D eigenvalue weighted by Gasteiger charge is 2.30. The van der Waals surface area contributed by atoms with Crippen LogP contribution in [0.1, 0.15) is 63.4 Å². The number of nitrogens with zero attached hydrogens (tertiary/aromatic N) is 1. The summed E-state index contributed by atoms with van der Waals surface area (Å²) in [6, 6.07) is 11.6. The highest BCUT2D eigenvalue weighted by Crippen LogP contribution is 2.17. The Kier molecular flexibility index (Phi) is 7.48. The van der Waals surface area contributed by atoms with Crippen molar-refractivity contribution in [3.05, 3.63) is 59.9 Å². The van der Waals surface area contributed by atoms with E-state index in [2.05, 4.69) is 15.2 Å². The number of aromatic nitrogens is 1. The molecule has 0 aliphatic carbocycles. The predicted octanol–water partition coefficient (Wildman–Crippen LogP) is 4.35. The van der Waals surface area contributed by atoms with Gasteiger partial charge in [-0.05, 0) is 63.4 Å². The lowest BCUT2D eigenvalue weighted by molar-refractivity contribution is 0.0502. The molecule has 0 radical (unpaired) electrons. The third kappa shape index (κ3) is 6.97. The molecule has 158 valence electrons. The van der Waals surface area contributed by atoms with Crippen LogP contribution in [0.15, 0.2) is 48.8 Å². The maximum absolute atomic E-state index is 12.8. The van der Waals surface area contributed by atoms with Gasteiger partial charge in [0.25, 0.3) is 5.91 Å². The van der Waals surface area contributed by atoms with Gasteiger partial charge in [-0.2, -0.15) is 0 Å². The zero-order valence-electron chi connectivity index (χ0n) is 18.1. The monoisotopic (exact) mass is 399 g/mol. The average molecular weight is 400 g/mol. The van der Waals surface area contributed by atoms with Gasteiger partial charge in [0, 0.05) is 31.0 Å². The lowest BCUT2D eigenvalue weighted by Crippen LogP contribution is -2.55. The van der Waals surface area contributed by atoms with Gasteiger partial charge in [0.2, 0.25) is 0 Å². The van der Waals surface area contributed by atoms with E-state index in [0.29, 0.717) is 24.9 Å². The lowest BCUT2D eigenvalue weighted by Gasteiger charge is -2.33. The van der Waals surface area contributed by atoms with Gasteiger partial charge >= 0.3 is 6.09 Å². The summed E-state index contributed by atoms with van der Waals surface area (Å²) < 4.78 is 7.38. The number of benzene rings is 1. The number of carbonyl (C=O) groups is 2. The molecule has 0 aliphatic heterocycles. The van der Waals surface area contributed by atoms with Crippen molar-refractivity contribution in [2.24, 2.45) is 0 Å². The van der Waals surface area contributed by atoms with E-state index in [1.165, 1.54) is 0 Å². The maximum atomic E-state index is 12.8.